The first-order chi connectivity index (χ1) is 7.36. The molecular formula is C11H16ClNO2S. The molecule has 0 spiro atoms. The zero-order chi connectivity index (χ0) is 12.3. The molecule has 1 atom stereocenters. The molecule has 0 saturated carbocycles. The minimum atomic E-state index is -3.45. The predicted molar refractivity (Wildman–Crippen MR) is 66.3 cm³/mol. The molecule has 90 valence electrons. The van der Waals surface area contributed by atoms with E-state index in [2.05, 4.69) is 4.72 Å². The molecule has 1 aromatic rings. The Morgan fingerprint density at radius 3 is 2.56 bits per heavy atom. The highest BCUT2D eigenvalue weighted by Gasteiger charge is 2.16. The lowest BCUT2D eigenvalue weighted by atomic mass is 10.2. The van der Waals surface area contributed by atoms with Gasteiger partial charge < -0.3 is 0 Å². The van der Waals surface area contributed by atoms with Crippen molar-refractivity contribution in [2.45, 2.75) is 38.1 Å². The molecule has 0 heterocycles. The lowest BCUT2D eigenvalue weighted by molar-refractivity contribution is 0.556. The largest absolute Gasteiger partial charge is 0.240 e. The minimum absolute atomic E-state index is 0.0786. The fourth-order valence-electron chi connectivity index (χ4n) is 1.16. The van der Waals surface area contributed by atoms with Gasteiger partial charge in [-0.25, -0.2) is 13.1 Å². The second-order valence-electron chi connectivity index (χ2n) is 3.84. The van der Waals surface area contributed by atoms with Crippen molar-refractivity contribution >= 4 is 21.6 Å². The van der Waals surface area contributed by atoms with Crippen molar-refractivity contribution in [1.82, 2.24) is 4.72 Å². The first-order valence-corrected chi connectivity index (χ1v) is 7.01. The predicted octanol–water partition coefficient (Wildman–Crippen LogP) is 2.73. The molecule has 5 heteroatoms. The number of sulfonamides is 1. The van der Waals surface area contributed by atoms with Crippen molar-refractivity contribution in [2.24, 2.45) is 0 Å². The zero-order valence-electron chi connectivity index (χ0n) is 9.62. The summed E-state index contributed by atoms with van der Waals surface area (Å²) >= 11 is 5.90. The highest BCUT2D eigenvalue weighted by Crippen LogP contribution is 2.20. The summed E-state index contributed by atoms with van der Waals surface area (Å²) in [5.41, 5.74) is 0.865. The maximum Gasteiger partial charge on any atom is 0.240 e. The van der Waals surface area contributed by atoms with Crippen LogP contribution in [0.15, 0.2) is 23.1 Å². The molecule has 1 aromatic carbocycles. The second-order valence-corrected chi connectivity index (χ2v) is 5.96. The second kappa shape index (κ2) is 5.17. The molecule has 1 rings (SSSR count). The van der Waals surface area contributed by atoms with Gasteiger partial charge in [0.05, 0.1) is 4.90 Å². The molecule has 0 aliphatic rings. The normalized spacial score (nSPS) is 13.8. The van der Waals surface area contributed by atoms with Gasteiger partial charge in [0.25, 0.3) is 0 Å². The third-order valence-electron chi connectivity index (χ3n) is 2.42. The van der Waals surface area contributed by atoms with E-state index in [1.165, 1.54) is 6.07 Å². The maximum atomic E-state index is 11.9. The standard InChI is InChI=1S/C11H16ClNO2S/c1-4-9(3)13-16(14,15)10-6-5-8(2)11(12)7-10/h5-7,9,13H,4H2,1-3H3. The number of aryl methyl sites for hydroxylation is 1. The van der Waals surface area contributed by atoms with Crippen molar-refractivity contribution in [3.05, 3.63) is 28.8 Å². The molecule has 0 fully saturated rings. The number of hydrogen-bond donors (Lipinski definition) is 1. The molecule has 0 bridgehead atoms. The van der Waals surface area contributed by atoms with Gasteiger partial charge in [0.15, 0.2) is 0 Å². The highest BCUT2D eigenvalue weighted by molar-refractivity contribution is 7.89. The van der Waals surface area contributed by atoms with Crippen molar-refractivity contribution in [3.8, 4) is 0 Å². The van der Waals surface area contributed by atoms with Gasteiger partial charge in [-0.2, -0.15) is 0 Å². The fourth-order valence-corrected chi connectivity index (χ4v) is 2.75. The topological polar surface area (TPSA) is 46.2 Å². The number of rotatable bonds is 4. The van der Waals surface area contributed by atoms with Crippen molar-refractivity contribution in [3.63, 3.8) is 0 Å². The van der Waals surface area contributed by atoms with Gasteiger partial charge in [0.2, 0.25) is 10.0 Å². The quantitative estimate of drug-likeness (QED) is 0.906. The number of hydrogen-bond acceptors (Lipinski definition) is 2. The molecule has 0 aliphatic heterocycles. The van der Waals surface area contributed by atoms with Crippen LogP contribution in [-0.4, -0.2) is 14.5 Å². The van der Waals surface area contributed by atoms with Crippen LogP contribution in [0.1, 0.15) is 25.8 Å². The van der Waals surface area contributed by atoms with E-state index in [1.807, 2.05) is 20.8 Å². The van der Waals surface area contributed by atoms with Gasteiger partial charge in [0, 0.05) is 11.1 Å². The summed E-state index contributed by atoms with van der Waals surface area (Å²) in [6.45, 7) is 5.59. The Balaban J connectivity index is 3.03. The molecular weight excluding hydrogens is 246 g/mol. The summed E-state index contributed by atoms with van der Waals surface area (Å²) in [6, 6.07) is 4.66. The monoisotopic (exact) mass is 261 g/mol. The van der Waals surface area contributed by atoms with Crippen LogP contribution in [0.2, 0.25) is 5.02 Å². The third-order valence-corrected chi connectivity index (χ3v) is 4.42. The van der Waals surface area contributed by atoms with Crippen LogP contribution in [0.5, 0.6) is 0 Å². The number of benzene rings is 1. The van der Waals surface area contributed by atoms with Crippen LogP contribution in [0.25, 0.3) is 0 Å². The molecule has 16 heavy (non-hydrogen) atoms. The van der Waals surface area contributed by atoms with Crippen LogP contribution in [0, 0.1) is 6.92 Å². The smallest absolute Gasteiger partial charge is 0.208 e. The first-order valence-electron chi connectivity index (χ1n) is 5.15. The Morgan fingerprint density at radius 1 is 1.44 bits per heavy atom. The van der Waals surface area contributed by atoms with E-state index in [4.69, 9.17) is 11.6 Å². The molecule has 0 saturated heterocycles. The van der Waals surface area contributed by atoms with Crippen LogP contribution < -0.4 is 4.72 Å². The van der Waals surface area contributed by atoms with E-state index in [0.717, 1.165) is 12.0 Å². The van der Waals surface area contributed by atoms with Gasteiger partial charge in [-0.05, 0) is 38.0 Å². The zero-order valence-corrected chi connectivity index (χ0v) is 11.2. The Bertz CT molecular complexity index is 471. The van der Waals surface area contributed by atoms with E-state index >= 15 is 0 Å². The lowest BCUT2D eigenvalue weighted by Gasteiger charge is -2.12. The Labute approximate surface area is 102 Å². The van der Waals surface area contributed by atoms with Gasteiger partial charge in [-0.3, -0.25) is 0 Å². The maximum absolute atomic E-state index is 11.9. The molecule has 0 amide bonds. The fraction of sp³-hybridized carbons (Fsp3) is 0.455. The van der Waals surface area contributed by atoms with Gasteiger partial charge in [-0.15, -0.1) is 0 Å². The Hall–Kier alpha value is -0.580. The lowest BCUT2D eigenvalue weighted by Crippen LogP contribution is -2.31. The summed E-state index contributed by atoms with van der Waals surface area (Å²) in [4.78, 5) is 0.211. The van der Waals surface area contributed by atoms with E-state index < -0.39 is 10.0 Å². The molecule has 0 aliphatic carbocycles. The number of halogens is 1. The van der Waals surface area contributed by atoms with E-state index in [9.17, 15) is 8.42 Å². The SMILES string of the molecule is CCC(C)NS(=O)(=O)c1ccc(C)c(Cl)c1. The van der Waals surface area contributed by atoms with Crippen LogP contribution >= 0.6 is 11.6 Å². The summed E-state index contributed by atoms with van der Waals surface area (Å²) < 4.78 is 26.4. The van der Waals surface area contributed by atoms with Crippen LogP contribution in [0.4, 0.5) is 0 Å². The van der Waals surface area contributed by atoms with Gasteiger partial charge in [-0.1, -0.05) is 24.6 Å². The van der Waals surface area contributed by atoms with E-state index in [-0.39, 0.29) is 10.9 Å². The minimum Gasteiger partial charge on any atom is -0.208 e. The molecule has 1 N–H and O–H groups in total. The summed E-state index contributed by atoms with van der Waals surface area (Å²) in [5, 5.41) is 0.465. The molecule has 3 nitrogen and oxygen atoms in total. The number of nitrogens with one attached hydrogen (secondary N) is 1. The summed E-state index contributed by atoms with van der Waals surface area (Å²) in [6.07, 6.45) is 0.749. The summed E-state index contributed by atoms with van der Waals surface area (Å²) in [5.74, 6) is 0. The van der Waals surface area contributed by atoms with Crippen molar-refractivity contribution < 1.29 is 8.42 Å². The molecule has 0 radical (unpaired) electrons. The van der Waals surface area contributed by atoms with Gasteiger partial charge in [0.1, 0.15) is 0 Å². The van der Waals surface area contributed by atoms with Crippen LogP contribution in [0.3, 0.4) is 0 Å². The van der Waals surface area contributed by atoms with E-state index in [0.29, 0.717) is 5.02 Å². The van der Waals surface area contributed by atoms with Crippen molar-refractivity contribution in [2.75, 3.05) is 0 Å². The first kappa shape index (κ1) is 13.5. The third kappa shape index (κ3) is 3.20. The van der Waals surface area contributed by atoms with Crippen LogP contribution in [-0.2, 0) is 10.0 Å². The molecule has 0 aromatic heterocycles. The Kier molecular flexibility index (Phi) is 4.35. The molecule has 1 unspecified atom stereocenters. The van der Waals surface area contributed by atoms with Crippen molar-refractivity contribution in [1.29, 1.82) is 0 Å². The average molecular weight is 262 g/mol. The van der Waals surface area contributed by atoms with Gasteiger partial charge >= 0.3 is 0 Å². The average Bonchev–Trinajstić information content (AvgIpc) is 2.21. The van der Waals surface area contributed by atoms with E-state index in [1.54, 1.807) is 12.1 Å². The highest BCUT2D eigenvalue weighted by atomic mass is 35.5. The summed E-state index contributed by atoms with van der Waals surface area (Å²) in [7, 11) is -3.45. The Morgan fingerprint density at radius 2 is 2.06 bits per heavy atom.